The predicted octanol–water partition coefficient (Wildman–Crippen LogP) is 5.15. The number of hydrogen-bond acceptors (Lipinski definition) is 0. The highest BCUT2D eigenvalue weighted by molar-refractivity contribution is 5.47. The van der Waals surface area contributed by atoms with Gasteiger partial charge in [0.1, 0.15) is 0 Å². The zero-order chi connectivity index (χ0) is 13.8. The Bertz CT molecular complexity index is 392. The summed E-state index contributed by atoms with van der Waals surface area (Å²) >= 11 is 0. The Labute approximate surface area is 115 Å². The van der Waals surface area contributed by atoms with Crippen LogP contribution in [0.3, 0.4) is 0 Å². The van der Waals surface area contributed by atoms with Crippen LogP contribution >= 0.6 is 0 Å². The van der Waals surface area contributed by atoms with Crippen LogP contribution in [-0.4, -0.2) is 0 Å². The van der Waals surface area contributed by atoms with Crippen LogP contribution in [0, 0.1) is 0 Å². The topological polar surface area (TPSA) is 0 Å². The molecule has 0 bridgehead atoms. The smallest absolute Gasteiger partial charge is 0.0196 e. The second kappa shape index (κ2) is 14.0. The summed E-state index contributed by atoms with van der Waals surface area (Å²) in [6.45, 7) is 16.8. The van der Waals surface area contributed by atoms with Crippen LogP contribution in [0.5, 0.6) is 0 Å². The molecule has 0 amide bonds. The quantitative estimate of drug-likeness (QED) is 0.647. The lowest BCUT2D eigenvalue weighted by Crippen LogP contribution is -2.27. The highest BCUT2D eigenvalue weighted by atomic mass is 14.0. The molecule has 0 nitrogen and oxygen atoms in total. The van der Waals surface area contributed by atoms with Crippen LogP contribution in [0.25, 0.3) is 11.1 Å². The van der Waals surface area contributed by atoms with Crippen molar-refractivity contribution in [3.05, 3.63) is 34.7 Å². The Kier molecular flexibility index (Phi) is 17.3. The van der Waals surface area contributed by atoms with Gasteiger partial charge in [-0.3, -0.25) is 0 Å². The Balaban J connectivity index is -0.000000409. The van der Waals surface area contributed by atoms with E-state index in [4.69, 9.17) is 0 Å². The van der Waals surface area contributed by atoms with Crippen LogP contribution in [0.2, 0.25) is 0 Å². The van der Waals surface area contributed by atoms with Crippen molar-refractivity contribution in [2.75, 3.05) is 0 Å². The molecule has 0 saturated heterocycles. The van der Waals surface area contributed by atoms with Crippen molar-refractivity contribution in [3.8, 4) is 0 Å². The summed E-state index contributed by atoms with van der Waals surface area (Å²) < 4.78 is 0. The molecule has 0 spiro atoms. The van der Waals surface area contributed by atoms with Gasteiger partial charge in [-0.05, 0) is 37.6 Å². The van der Waals surface area contributed by atoms with Crippen molar-refractivity contribution in [1.29, 1.82) is 0 Å². The summed E-state index contributed by atoms with van der Waals surface area (Å²) in [7, 11) is 0. The van der Waals surface area contributed by atoms with Crippen molar-refractivity contribution < 1.29 is 0 Å². The molecule has 0 aliphatic heterocycles. The van der Waals surface area contributed by atoms with E-state index in [9.17, 15) is 0 Å². The Hall–Kier alpha value is -1.04. The number of rotatable bonds is 1. The van der Waals surface area contributed by atoms with Gasteiger partial charge in [0, 0.05) is 0 Å². The largest absolute Gasteiger partial charge is 0.0776 e. The molecule has 0 radical (unpaired) electrons. The first-order chi connectivity index (χ1) is 8.16. The molecule has 0 aliphatic carbocycles. The average molecular weight is 250 g/mol. The summed E-state index contributed by atoms with van der Waals surface area (Å²) in [6, 6.07) is 8.63. The SMILES string of the molecule is C.CC.CC.CC/C(C)=c1/ccccc1=C(C)C. The van der Waals surface area contributed by atoms with E-state index in [1.54, 1.807) is 0 Å². The van der Waals surface area contributed by atoms with E-state index in [2.05, 4.69) is 52.0 Å². The van der Waals surface area contributed by atoms with Gasteiger partial charge in [-0.1, -0.05) is 77.5 Å². The lowest BCUT2D eigenvalue weighted by Gasteiger charge is -1.98. The summed E-state index contributed by atoms with van der Waals surface area (Å²) in [5, 5.41) is 2.80. The van der Waals surface area contributed by atoms with E-state index < -0.39 is 0 Å². The fourth-order valence-corrected chi connectivity index (χ4v) is 1.48. The van der Waals surface area contributed by atoms with E-state index in [1.807, 2.05) is 27.7 Å². The fourth-order valence-electron chi connectivity index (χ4n) is 1.48. The third-order valence-electron chi connectivity index (χ3n) is 2.46. The maximum atomic E-state index is 2.21. The summed E-state index contributed by atoms with van der Waals surface area (Å²) in [5.74, 6) is 0. The van der Waals surface area contributed by atoms with Gasteiger partial charge in [0.2, 0.25) is 0 Å². The molecule has 0 fully saturated rings. The fraction of sp³-hybridized carbons (Fsp3) is 0.556. The summed E-state index contributed by atoms with van der Waals surface area (Å²) in [6.07, 6.45) is 1.13. The maximum absolute atomic E-state index is 2.21. The van der Waals surface area contributed by atoms with Gasteiger partial charge in [0.05, 0.1) is 0 Å². The molecule has 1 aromatic carbocycles. The Morgan fingerprint density at radius 3 is 1.56 bits per heavy atom. The lowest BCUT2D eigenvalue weighted by atomic mass is 10.1. The minimum Gasteiger partial charge on any atom is -0.0776 e. The van der Waals surface area contributed by atoms with E-state index in [-0.39, 0.29) is 7.43 Å². The number of hydrogen-bond donors (Lipinski definition) is 0. The Morgan fingerprint density at radius 1 is 0.833 bits per heavy atom. The van der Waals surface area contributed by atoms with E-state index in [1.165, 1.54) is 21.6 Å². The van der Waals surface area contributed by atoms with Gasteiger partial charge in [-0.2, -0.15) is 0 Å². The first-order valence-electron chi connectivity index (χ1n) is 6.89. The van der Waals surface area contributed by atoms with Crippen molar-refractivity contribution in [2.24, 2.45) is 0 Å². The second-order valence-electron chi connectivity index (χ2n) is 3.68. The second-order valence-corrected chi connectivity index (χ2v) is 3.68. The normalized spacial score (nSPS) is 9.78. The molecule has 0 unspecified atom stereocenters. The van der Waals surface area contributed by atoms with E-state index in [0.717, 1.165) is 6.42 Å². The van der Waals surface area contributed by atoms with Crippen LogP contribution in [0.4, 0.5) is 0 Å². The molecule has 0 atom stereocenters. The van der Waals surface area contributed by atoms with Gasteiger partial charge in [0.25, 0.3) is 0 Å². The minimum atomic E-state index is 0. The first kappa shape index (κ1) is 22.2. The molecule has 0 aliphatic rings. The van der Waals surface area contributed by atoms with Gasteiger partial charge >= 0.3 is 0 Å². The standard InChI is InChI=1S/C13H18.2C2H6.CH4/c1-5-11(4)13-9-7-6-8-12(13)10(2)3;2*1-2;/h6-9H,5H2,1-4H3;2*1-2H3;1H4/b13-11-;;;. The zero-order valence-electron chi connectivity index (χ0n) is 13.0. The van der Waals surface area contributed by atoms with E-state index in [0.29, 0.717) is 0 Å². The molecule has 1 rings (SSSR count). The predicted molar refractivity (Wildman–Crippen MR) is 89.2 cm³/mol. The zero-order valence-corrected chi connectivity index (χ0v) is 13.0. The molecular weight excluding hydrogens is 216 g/mol. The van der Waals surface area contributed by atoms with Crippen LogP contribution in [0.15, 0.2) is 24.3 Å². The van der Waals surface area contributed by atoms with Gasteiger partial charge in [-0.25, -0.2) is 0 Å². The van der Waals surface area contributed by atoms with Crippen molar-refractivity contribution >= 4 is 11.1 Å². The molecular formula is C18H34. The molecule has 1 aromatic rings. The van der Waals surface area contributed by atoms with Gasteiger partial charge < -0.3 is 0 Å². The highest BCUT2D eigenvalue weighted by Crippen LogP contribution is 1.95. The third-order valence-corrected chi connectivity index (χ3v) is 2.46. The van der Waals surface area contributed by atoms with Crippen LogP contribution in [0.1, 0.15) is 69.2 Å². The number of benzene rings is 1. The van der Waals surface area contributed by atoms with E-state index >= 15 is 0 Å². The molecule has 106 valence electrons. The van der Waals surface area contributed by atoms with Crippen molar-refractivity contribution in [1.82, 2.24) is 0 Å². The minimum absolute atomic E-state index is 0. The van der Waals surface area contributed by atoms with Gasteiger partial charge in [0.15, 0.2) is 0 Å². The van der Waals surface area contributed by atoms with Gasteiger partial charge in [-0.15, -0.1) is 0 Å². The third kappa shape index (κ3) is 7.32. The first-order valence-corrected chi connectivity index (χ1v) is 6.89. The average Bonchev–Trinajstić information content (AvgIpc) is 2.42. The molecule has 0 N–H and O–H groups in total. The molecule has 0 heteroatoms. The van der Waals surface area contributed by atoms with Crippen molar-refractivity contribution in [2.45, 2.75) is 69.2 Å². The molecule has 18 heavy (non-hydrogen) atoms. The molecule has 0 heterocycles. The van der Waals surface area contributed by atoms with Crippen molar-refractivity contribution in [3.63, 3.8) is 0 Å². The summed E-state index contributed by atoms with van der Waals surface area (Å²) in [4.78, 5) is 0. The highest BCUT2D eigenvalue weighted by Gasteiger charge is 1.90. The molecule has 0 aromatic heterocycles. The monoisotopic (exact) mass is 250 g/mol. The molecule has 0 saturated carbocycles. The van der Waals surface area contributed by atoms with Crippen LogP contribution in [-0.2, 0) is 0 Å². The lowest BCUT2D eigenvalue weighted by molar-refractivity contribution is 1.20. The Morgan fingerprint density at radius 2 is 1.22 bits per heavy atom. The maximum Gasteiger partial charge on any atom is -0.0196 e. The van der Waals surface area contributed by atoms with Crippen LogP contribution < -0.4 is 10.4 Å². The summed E-state index contributed by atoms with van der Waals surface area (Å²) in [5.41, 5.74) is 2.86.